The summed E-state index contributed by atoms with van der Waals surface area (Å²) in [6.45, 7) is 5.29. The molecule has 1 amide bonds. The van der Waals surface area contributed by atoms with Gasteiger partial charge in [0.15, 0.2) is 0 Å². The van der Waals surface area contributed by atoms with Gasteiger partial charge in [-0.3, -0.25) is 4.79 Å². The molecule has 8 heteroatoms. The Bertz CT molecular complexity index is 983. The largest absolute Gasteiger partial charge is 0.457 e. The van der Waals surface area contributed by atoms with E-state index in [2.05, 4.69) is 9.27 Å². The zero-order chi connectivity index (χ0) is 20.9. The first-order valence-electron chi connectivity index (χ1n) is 10.4. The minimum atomic E-state index is -0.612. The predicted octanol–water partition coefficient (Wildman–Crippen LogP) is 2.67. The molecule has 0 bridgehead atoms. The zero-order valence-corrected chi connectivity index (χ0v) is 17.8. The molecular weight excluding hydrogens is 402 g/mol. The number of anilines is 1. The molecule has 1 N–H and O–H groups in total. The molecule has 1 aromatic heterocycles. The third-order valence-corrected chi connectivity index (χ3v) is 7.70. The molecule has 5 rings (SSSR count). The Hall–Kier alpha value is -2.29. The van der Waals surface area contributed by atoms with Crippen LogP contribution < -0.4 is 4.90 Å². The number of likely N-dealkylation sites (tertiary alicyclic amines) is 1. The quantitative estimate of drug-likeness (QED) is 0.756. The van der Waals surface area contributed by atoms with E-state index in [1.807, 2.05) is 24.0 Å². The van der Waals surface area contributed by atoms with Crippen molar-refractivity contribution in [1.29, 1.82) is 0 Å². The molecule has 3 aliphatic rings. The van der Waals surface area contributed by atoms with E-state index in [4.69, 9.17) is 4.74 Å². The van der Waals surface area contributed by atoms with E-state index >= 15 is 0 Å². The molecular formula is C22H25N3O4S. The smallest absolute Gasteiger partial charge is 0.338 e. The van der Waals surface area contributed by atoms with Gasteiger partial charge in [0.2, 0.25) is 5.91 Å². The van der Waals surface area contributed by atoms with Crippen LogP contribution in [-0.4, -0.2) is 52.4 Å². The monoisotopic (exact) mass is 427 g/mol. The number of aromatic nitrogens is 1. The first-order valence-corrected chi connectivity index (χ1v) is 11.1. The third kappa shape index (κ3) is 3.33. The summed E-state index contributed by atoms with van der Waals surface area (Å²) in [6, 6.07) is 5.52. The van der Waals surface area contributed by atoms with Gasteiger partial charge in [0.25, 0.3) is 0 Å². The first-order chi connectivity index (χ1) is 14.5. The van der Waals surface area contributed by atoms with Crippen LogP contribution in [-0.2, 0) is 16.1 Å². The minimum Gasteiger partial charge on any atom is -0.457 e. The first kappa shape index (κ1) is 19.7. The number of hydrogen-bond acceptors (Lipinski definition) is 7. The zero-order valence-electron chi connectivity index (χ0n) is 17.0. The van der Waals surface area contributed by atoms with Gasteiger partial charge in [0.1, 0.15) is 11.6 Å². The molecule has 1 spiro atoms. The number of β-amino-alcohol motifs (C(OH)–C–C–N with tert-alkyl or cyclic N) is 1. The van der Waals surface area contributed by atoms with E-state index in [9.17, 15) is 14.7 Å². The number of esters is 1. The number of hydrogen-bond donors (Lipinski definition) is 1. The summed E-state index contributed by atoms with van der Waals surface area (Å²) in [5.41, 5.74) is 3.34. The van der Waals surface area contributed by atoms with Gasteiger partial charge in [0, 0.05) is 31.3 Å². The van der Waals surface area contributed by atoms with Gasteiger partial charge >= 0.3 is 5.97 Å². The number of aliphatic hydroxyl groups excluding tert-OH is 1. The number of nitrogens with zero attached hydrogens (tertiary/aromatic N) is 3. The van der Waals surface area contributed by atoms with E-state index in [0.717, 1.165) is 54.2 Å². The van der Waals surface area contributed by atoms with Crippen LogP contribution in [0.2, 0.25) is 0 Å². The molecule has 2 aromatic rings. The molecule has 0 radical (unpaired) electrons. The van der Waals surface area contributed by atoms with Gasteiger partial charge in [-0.15, -0.1) is 0 Å². The number of carbonyl (C=O) groups excluding carboxylic acids is 2. The molecule has 0 saturated carbocycles. The van der Waals surface area contributed by atoms with Crippen molar-refractivity contribution in [1.82, 2.24) is 9.27 Å². The summed E-state index contributed by atoms with van der Waals surface area (Å²) in [4.78, 5) is 28.5. The summed E-state index contributed by atoms with van der Waals surface area (Å²) in [6.07, 6.45) is 3.63. The van der Waals surface area contributed by atoms with Crippen LogP contribution >= 0.6 is 11.5 Å². The summed E-state index contributed by atoms with van der Waals surface area (Å²) in [7, 11) is 0. The predicted molar refractivity (Wildman–Crippen MR) is 112 cm³/mol. The molecule has 3 aliphatic heterocycles. The Labute approximate surface area is 179 Å². The van der Waals surface area contributed by atoms with Crippen molar-refractivity contribution in [2.24, 2.45) is 5.41 Å². The minimum absolute atomic E-state index is 0.0315. The number of amides is 1. The number of carbonyl (C=O) groups is 2. The van der Waals surface area contributed by atoms with Gasteiger partial charge in [-0.25, -0.2) is 4.79 Å². The summed E-state index contributed by atoms with van der Waals surface area (Å²) in [5.74, 6) is -0.0905. The van der Waals surface area contributed by atoms with Crippen molar-refractivity contribution in [3.05, 3.63) is 46.6 Å². The Morgan fingerprint density at radius 3 is 2.80 bits per heavy atom. The van der Waals surface area contributed by atoms with Crippen LogP contribution in [0, 0.1) is 12.3 Å². The van der Waals surface area contributed by atoms with Crippen molar-refractivity contribution < 1.29 is 19.4 Å². The van der Waals surface area contributed by atoms with Crippen LogP contribution in [0.15, 0.2) is 24.4 Å². The van der Waals surface area contributed by atoms with Crippen LogP contribution in [0.25, 0.3) is 0 Å². The second-order valence-corrected chi connectivity index (χ2v) is 9.52. The molecule has 4 heterocycles. The van der Waals surface area contributed by atoms with E-state index in [1.54, 1.807) is 12.3 Å². The second-order valence-electron chi connectivity index (χ2n) is 8.71. The topological polar surface area (TPSA) is 83.0 Å². The highest BCUT2D eigenvalue weighted by Gasteiger charge is 2.45. The maximum atomic E-state index is 12.6. The maximum Gasteiger partial charge on any atom is 0.338 e. The average molecular weight is 428 g/mol. The standard InChI is InChI=1S/C22H25N3O4S/c1-14-15(2-3-16-17(14)12-29-21(16)28)18(26)11-24-8-5-22(6-9-24)10-19(27)25(13-22)20-4-7-23-30-20/h2-4,7,18,26H,5-6,8-13H2,1H3/t18-/m0/s1. The molecule has 1 aromatic carbocycles. The number of aliphatic hydroxyl groups is 1. The van der Waals surface area contributed by atoms with Crippen molar-refractivity contribution >= 4 is 28.4 Å². The van der Waals surface area contributed by atoms with Gasteiger partial charge in [-0.2, -0.15) is 4.37 Å². The summed E-state index contributed by atoms with van der Waals surface area (Å²) >= 11 is 1.37. The Morgan fingerprint density at radius 2 is 2.07 bits per heavy atom. The number of ether oxygens (including phenoxy) is 1. The van der Waals surface area contributed by atoms with E-state index in [0.29, 0.717) is 18.5 Å². The van der Waals surface area contributed by atoms with Crippen molar-refractivity contribution in [3.63, 3.8) is 0 Å². The van der Waals surface area contributed by atoms with Gasteiger partial charge < -0.3 is 19.6 Å². The number of rotatable bonds is 4. The fourth-order valence-electron chi connectivity index (χ4n) is 5.06. The molecule has 0 aliphatic carbocycles. The summed E-state index contributed by atoms with van der Waals surface area (Å²) < 4.78 is 9.25. The van der Waals surface area contributed by atoms with Crippen LogP contribution in [0.5, 0.6) is 0 Å². The van der Waals surface area contributed by atoms with E-state index in [1.165, 1.54) is 11.5 Å². The Kier molecular flexibility index (Phi) is 4.88. The highest BCUT2D eigenvalue weighted by molar-refractivity contribution is 7.10. The number of fused-ring (bicyclic) bond motifs is 1. The van der Waals surface area contributed by atoms with E-state index < -0.39 is 6.10 Å². The lowest BCUT2D eigenvalue weighted by Gasteiger charge is -2.39. The molecule has 2 fully saturated rings. The maximum absolute atomic E-state index is 12.6. The molecule has 30 heavy (non-hydrogen) atoms. The Balaban J connectivity index is 1.22. The van der Waals surface area contributed by atoms with Crippen molar-refractivity contribution in [2.45, 2.75) is 38.9 Å². The van der Waals surface area contributed by atoms with Gasteiger partial charge in [-0.1, -0.05) is 6.07 Å². The van der Waals surface area contributed by atoms with Gasteiger partial charge in [-0.05, 0) is 73.1 Å². The average Bonchev–Trinajstić information content (AvgIpc) is 3.45. The lowest BCUT2D eigenvalue weighted by Crippen LogP contribution is -2.43. The number of benzene rings is 1. The molecule has 1 atom stereocenters. The van der Waals surface area contributed by atoms with E-state index in [-0.39, 0.29) is 23.9 Å². The normalized spacial score (nSPS) is 21.9. The second kappa shape index (κ2) is 7.44. The Morgan fingerprint density at radius 1 is 1.27 bits per heavy atom. The van der Waals surface area contributed by atoms with Crippen LogP contribution in [0.1, 0.15) is 52.4 Å². The van der Waals surface area contributed by atoms with Crippen molar-refractivity contribution in [2.75, 3.05) is 31.1 Å². The fourth-order valence-corrected chi connectivity index (χ4v) is 5.68. The lowest BCUT2D eigenvalue weighted by atomic mass is 9.77. The highest BCUT2D eigenvalue weighted by atomic mass is 32.1. The SMILES string of the molecule is Cc1c([C@@H](O)CN2CCC3(CC2)CC(=O)N(c2ccns2)C3)ccc2c1COC2=O. The lowest BCUT2D eigenvalue weighted by molar-refractivity contribution is -0.118. The number of piperidine rings is 1. The molecule has 158 valence electrons. The summed E-state index contributed by atoms with van der Waals surface area (Å²) in [5, 5.41) is 11.8. The molecule has 0 unspecified atom stereocenters. The highest BCUT2D eigenvalue weighted by Crippen LogP contribution is 2.43. The van der Waals surface area contributed by atoms with Gasteiger partial charge in [0.05, 0.1) is 11.7 Å². The molecule has 7 nitrogen and oxygen atoms in total. The van der Waals surface area contributed by atoms with Crippen LogP contribution in [0.4, 0.5) is 5.00 Å². The van der Waals surface area contributed by atoms with Crippen LogP contribution in [0.3, 0.4) is 0 Å². The molecule has 2 saturated heterocycles. The fraction of sp³-hybridized carbons (Fsp3) is 0.500. The number of cyclic esters (lactones) is 1. The third-order valence-electron chi connectivity index (χ3n) is 6.93. The van der Waals surface area contributed by atoms with Crippen molar-refractivity contribution in [3.8, 4) is 0 Å².